The van der Waals surface area contributed by atoms with Crippen molar-refractivity contribution in [2.24, 2.45) is 46.3 Å². The Balaban J connectivity index is 1.28. The number of ether oxygens (including phenoxy) is 1. The van der Waals surface area contributed by atoms with Crippen LogP contribution in [-0.2, 0) is 16.0 Å². The first kappa shape index (κ1) is 27.5. The molecule has 0 spiro atoms. The fourth-order valence-electron chi connectivity index (χ4n) is 8.67. The lowest BCUT2D eigenvalue weighted by Gasteiger charge is -2.55. The van der Waals surface area contributed by atoms with E-state index in [1.807, 2.05) is 30.3 Å². The van der Waals surface area contributed by atoms with Crippen molar-refractivity contribution in [3.05, 3.63) is 71.3 Å². The van der Waals surface area contributed by atoms with E-state index in [0.29, 0.717) is 35.5 Å². The van der Waals surface area contributed by atoms with Crippen LogP contribution in [0.3, 0.4) is 0 Å². The summed E-state index contributed by atoms with van der Waals surface area (Å²) in [6, 6.07) is 9.96. The third-order valence-corrected chi connectivity index (χ3v) is 11.5. The largest absolute Gasteiger partial charge is 0.462 e. The number of carbonyl (C=O) groups excluding carboxylic acids is 1. The van der Waals surface area contributed by atoms with Gasteiger partial charge in [0.2, 0.25) is 0 Å². The number of hydrogen-bond donors (Lipinski definition) is 0. The Morgan fingerprint density at radius 3 is 2.45 bits per heavy atom. The first-order chi connectivity index (χ1) is 18.1. The Labute approximate surface area is 232 Å². The van der Waals surface area contributed by atoms with E-state index in [0.717, 1.165) is 36.7 Å². The third kappa shape index (κ3) is 5.09. The molecule has 4 aliphatic rings. The van der Waals surface area contributed by atoms with E-state index < -0.39 is 0 Å². The van der Waals surface area contributed by atoms with Gasteiger partial charge >= 0.3 is 5.97 Å². The fraction of sp³-hybridized carbons (Fsp3) is 0.639. The van der Waals surface area contributed by atoms with Crippen LogP contribution in [0, 0.1) is 46.3 Å². The van der Waals surface area contributed by atoms with Crippen LogP contribution in [0.1, 0.15) is 92.1 Å². The van der Waals surface area contributed by atoms with Crippen LogP contribution in [0.15, 0.2) is 65.8 Å². The summed E-state index contributed by atoms with van der Waals surface area (Å²) in [6.07, 6.45) is 18.7. The molecule has 0 aromatic heterocycles. The van der Waals surface area contributed by atoms with E-state index >= 15 is 0 Å². The van der Waals surface area contributed by atoms with Gasteiger partial charge in [0.15, 0.2) is 0 Å². The van der Waals surface area contributed by atoms with Crippen molar-refractivity contribution in [1.82, 2.24) is 0 Å². The highest BCUT2D eigenvalue weighted by molar-refractivity contribution is 5.72. The topological polar surface area (TPSA) is 26.3 Å². The summed E-state index contributed by atoms with van der Waals surface area (Å²) in [5, 5.41) is 0. The third-order valence-electron chi connectivity index (χ3n) is 11.5. The minimum absolute atomic E-state index is 0.0195. The smallest absolute Gasteiger partial charge is 0.310 e. The molecule has 0 aliphatic heterocycles. The molecule has 206 valence electrons. The van der Waals surface area contributed by atoms with Crippen LogP contribution in [0.25, 0.3) is 0 Å². The van der Waals surface area contributed by atoms with Crippen molar-refractivity contribution in [1.29, 1.82) is 0 Å². The first-order valence-electron chi connectivity index (χ1n) is 15.4. The highest BCUT2D eigenvalue weighted by Gasteiger charge is 2.57. The number of allylic oxidation sites excluding steroid dienone is 5. The normalized spacial score (nSPS) is 36.1. The maximum absolute atomic E-state index is 12.7. The summed E-state index contributed by atoms with van der Waals surface area (Å²) >= 11 is 0. The van der Waals surface area contributed by atoms with Crippen molar-refractivity contribution in [3.8, 4) is 0 Å². The van der Waals surface area contributed by atoms with Gasteiger partial charge < -0.3 is 4.74 Å². The fourth-order valence-corrected chi connectivity index (χ4v) is 8.67. The summed E-state index contributed by atoms with van der Waals surface area (Å²) in [4.78, 5) is 12.7. The minimum Gasteiger partial charge on any atom is -0.462 e. The molecule has 0 bridgehead atoms. The summed E-state index contributed by atoms with van der Waals surface area (Å²) < 4.78 is 6.00. The second kappa shape index (κ2) is 10.8. The molecular weight excluding hydrogens is 464 g/mol. The molecule has 1 aromatic rings. The van der Waals surface area contributed by atoms with Crippen LogP contribution in [0.5, 0.6) is 0 Å². The number of benzene rings is 1. The monoisotopic (exact) mass is 514 g/mol. The molecule has 0 saturated heterocycles. The van der Waals surface area contributed by atoms with Gasteiger partial charge in [-0.3, -0.25) is 4.79 Å². The molecule has 8 atom stereocenters. The standard InChI is InChI=1S/C36H50O2/c1-24(2)25(3)12-13-26(4)31-16-17-32-30-15-14-28-23-29(38-34(37)22-27-10-8-7-9-11-27)18-20-35(28,5)33(30)19-21-36(31,32)6/h7-15,24-26,29,31-33H,16-23H2,1-6H3/b13-12+/t25-,26+,29-,31+,32-,33-,35-,36+/m0/s1. The molecule has 0 N–H and O–H groups in total. The lowest BCUT2D eigenvalue weighted by Crippen LogP contribution is -2.46. The van der Waals surface area contributed by atoms with Gasteiger partial charge in [-0.15, -0.1) is 0 Å². The Hall–Kier alpha value is -2.09. The van der Waals surface area contributed by atoms with E-state index in [4.69, 9.17) is 4.74 Å². The maximum Gasteiger partial charge on any atom is 0.310 e. The zero-order valence-corrected chi connectivity index (χ0v) is 24.7. The molecule has 4 aliphatic carbocycles. The van der Waals surface area contributed by atoms with Crippen LogP contribution >= 0.6 is 0 Å². The van der Waals surface area contributed by atoms with Crippen molar-refractivity contribution in [2.45, 2.75) is 99.0 Å². The van der Waals surface area contributed by atoms with Gasteiger partial charge in [-0.2, -0.15) is 0 Å². The average Bonchev–Trinajstić information content (AvgIpc) is 3.25. The van der Waals surface area contributed by atoms with E-state index in [2.05, 4.69) is 65.8 Å². The van der Waals surface area contributed by atoms with Gasteiger partial charge in [0.1, 0.15) is 6.10 Å². The highest BCUT2D eigenvalue weighted by atomic mass is 16.5. The van der Waals surface area contributed by atoms with E-state index in [9.17, 15) is 4.79 Å². The van der Waals surface area contributed by atoms with Crippen LogP contribution in [-0.4, -0.2) is 12.1 Å². The van der Waals surface area contributed by atoms with Crippen LogP contribution in [0.2, 0.25) is 0 Å². The molecule has 3 fully saturated rings. The number of hydrogen-bond acceptors (Lipinski definition) is 2. The van der Waals surface area contributed by atoms with Crippen molar-refractivity contribution in [2.75, 3.05) is 0 Å². The first-order valence-corrected chi connectivity index (χ1v) is 15.4. The van der Waals surface area contributed by atoms with E-state index in [1.54, 1.807) is 5.57 Å². The number of rotatable bonds is 7. The molecular formula is C36H50O2. The quantitative estimate of drug-likeness (QED) is 0.268. The van der Waals surface area contributed by atoms with Gasteiger partial charge in [-0.05, 0) is 90.4 Å². The van der Waals surface area contributed by atoms with Crippen molar-refractivity contribution < 1.29 is 9.53 Å². The van der Waals surface area contributed by atoms with E-state index in [1.165, 1.54) is 31.3 Å². The summed E-state index contributed by atoms with van der Waals surface area (Å²) in [5.74, 6) is 4.08. The highest BCUT2D eigenvalue weighted by Crippen LogP contribution is 2.66. The van der Waals surface area contributed by atoms with Crippen molar-refractivity contribution in [3.63, 3.8) is 0 Å². The Kier molecular flexibility index (Phi) is 7.82. The molecule has 0 unspecified atom stereocenters. The molecule has 1 aromatic carbocycles. The van der Waals surface area contributed by atoms with Crippen molar-refractivity contribution >= 4 is 5.97 Å². The molecule has 5 rings (SSSR count). The molecule has 0 radical (unpaired) electrons. The lowest BCUT2D eigenvalue weighted by molar-refractivity contribution is -0.150. The number of carbonyl (C=O) groups is 1. The second-order valence-electron chi connectivity index (χ2n) is 14.0. The second-order valence-corrected chi connectivity index (χ2v) is 14.0. The molecule has 2 heteroatoms. The zero-order valence-electron chi connectivity index (χ0n) is 24.7. The SMILES string of the molecule is CC(C)[C@@H](C)/C=C/[C@@H](C)[C@H]1CC[C@H]2C3=CC=C4C[C@@H](OC(=O)Cc5ccccc5)CC[C@]4(C)[C@H]3CC[C@]12C. The summed E-state index contributed by atoms with van der Waals surface area (Å²) in [7, 11) is 0. The molecule has 38 heavy (non-hydrogen) atoms. The lowest BCUT2D eigenvalue weighted by atomic mass is 9.50. The predicted molar refractivity (Wildman–Crippen MR) is 158 cm³/mol. The summed E-state index contributed by atoms with van der Waals surface area (Å²) in [6.45, 7) is 14.6. The molecule has 3 saturated carbocycles. The van der Waals surface area contributed by atoms with Crippen LogP contribution in [0.4, 0.5) is 0 Å². The Bertz CT molecular complexity index is 1090. The molecule has 2 nitrogen and oxygen atoms in total. The van der Waals surface area contributed by atoms with E-state index in [-0.39, 0.29) is 17.5 Å². The van der Waals surface area contributed by atoms with Crippen LogP contribution < -0.4 is 0 Å². The van der Waals surface area contributed by atoms with Gasteiger partial charge in [0.05, 0.1) is 6.42 Å². The summed E-state index contributed by atoms with van der Waals surface area (Å²) in [5.41, 5.74) is 4.94. The van der Waals surface area contributed by atoms with Gasteiger partial charge in [0, 0.05) is 6.42 Å². The Morgan fingerprint density at radius 2 is 1.71 bits per heavy atom. The van der Waals surface area contributed by atoms with Gasteiger partial charge in [0.25, 0.3) is 0 Å². The van der Waals surface area contributed by atoms with Gasteiger partial charge in [-0.25, -0.2) is 0 Å². The predicted octanol–water partition coefficient (Wildman–Crippen LogP) is 9.12. The Morgan fingerprint density at radius 1 is 0.947 bits per heavy atom. The van der Waals surface area contributed by atoms with Gasteiger partial charge in [-0.1, -0.05) is 107 Å². The average molecular weight is 515 g/mol. The zero-order chi connectivity index (χ0) is 27.1. The maximum atomic E-state index is 12.7. The molecule has 0 heterocycles. The number of fused-ring (bicyclic) bond motifs is 5. The molecule has 0 amide bonds. The minimum atomic E-state index is -0.0890. The number of esters is 1.